The predicted molar refractivity (Wildman–Crippen MR) is 74.5 cm³/mol. The van der Waals surface area contributed by atoms with Gasteiger partial charge in [0.15, 0.2) is 4.77 Å². The van der Waals surface area contributed by atoms with Crippen molar-refractivity contribution in [2.45, 2.75) is 26.7 Å². The summed E-state index contributed by atoms with van der Waals surface area (Å²) in [6, 6.07) is 7.82. The number of aryl methyl sites for hydroxylation is 1. The van der Waals surface area contributed by atoms with Gasteiger partial charge in [-0.05, 0) is 42.8 Å². The zero-order chi connectivity index (χ0) is 13.3. The number of benzene rings is 1. The van der Waals surface area contributed by atoms with Crippen molar-refractivity contribution in [3.63, 3.8) is 0 Å². The van der Waals surface area contributed by atoms with Crippen molar-refractivity contribution in [3.8, 4) is 11.8 Å². The van der Waals surface area contributed by atoms with E-state index in [2.05, 4.69) is 24.9 Å². The van der Waals surface area contributed by atoms with Crippen LogP contribution in [0, 0.1) is 23.0 Å². The monoisotopic (exact) mass is 257 g/mol. The van der Waals surface area contributed by atoms with Crippen LogP contribution in [0.2, 0.25) is 0 Å². The van der Waals surface area contributed by atoms with E-state index in [0.29, 0.717) is 16.3 Å². The quantitative estimate of drug-likeness (QED) is 0.831. The second-order valence-corrected chi connectivity index (χ2v) is 5.01. The molecule has 0 bridgehead atoms. The average molecular weight is 257 g/mol. The summed E-state index contributed by atoms with van der Waals surface area (Å²) in [5.41, 5.74) is 3.85. The maximum atomic E-state index is 9.01. The van der Waals surface area contributed by atoms with Crippen LogP contribution in [0.25, 0.3) is 5.69 Å². The number of aromatic amines is 1. The fourth-order valence-electron chi connectivity index (χ4n) is 1.98. The molecule has 2 rings (SSSR count). The van der Waals surface area contributed by atoms with Crippen LogP contribution in [0.5, 0.6) is 0 Å². The summed E-state index contributed by atoms with van der Waals surface area (Å²) in [7, 11) is 0. The molecule has 1 N–H and O–H groups in total. The molecule has 0 aliphatic heterocycles. The molecule has 0 spiro atoms. The van der Waals surface area contributed by atoms with Gasteiger partial charge in [-0.2, -0.15) is 5.26 Å². The predicted octanol–water partition coefficient (Wildman–Crippen LogP) is 3.84. The van der Waals surface area contributed by atoms with E-state index in [0.717, 1.165) is 16.9 Å². The third-order valence-corrected chi connectivity index (χ3v) is 3.28. The maximum absolute atomic E-state index is 9.01. The molecule has 0 amide bonds. The van der Waals surface area contributed by atoms with Crippen LogP contribution >= 0.6 is 12.2 Å². The fraction of sp³-hybridized carbons (Fsp3) is 0.286. The van der Waals surface area contributed by atoms with E-state index in [1.165, 1.54) is 0 Å². The Morgan fingerprint density at radius 1 is 1.39 bits per heavy atom. The minimum atomic E-state index is 0.364. The molecule has 0 atom stereocenters. The molecule has 2 aromatic rings. The Labute approximate surface area is 112 Å². The second-order valence-electron chi connectivity index (χ2n) is 4.62. The highest BCUT2D eigenvalue weighted by atomic mass is 32.1. The molecule has 0 fully saturated rings. The van der Waals surface area contributed by atoms with Gasteiger partial charge in [0.1, 0.15) is 0 Å². The molecule has 3 nitrogen and oxygen atoms in total. The van der Waals surface area contributed by atoms with Gasteiger partial charge in [0.25, 0.3) is 0 Å². The molecule has 18 heavy (non-hydrogen) atoms. The normalized spacial score (nSPS) is 10.6. The van der Waals surface area contributed by atoms with E-state index in [1.807, 2.05) is 35.9 Å². The van der Waals surface area contributed by atoms with Crippen LogP contribution in [0.15, 0.2) is 24.4 Å². The number of imidazole rings is 1. The topological polar surface area (TPSA) is 44.5 Å². The minimum Gasteiger partial charge on any atom is -0.337 e. The summed E-state index contributed by atoms with van der Waals surface area (Å²) in [5.74, 6) is 0.364. The Hall–Kier alpha value is -1.86. The van der Waals surface area contributed by atoms with Gasteiger partial charge in [0.2, 0.25) is 0 Å². The van der Waals surface area contributed by atoms with Crippen LogP contribution in [-0.2, 0) is 0 Å². The summed E-state index contributed by atoms with van der Waals surface area (Å²) in [6.07, 6.45) is 1.94. The molecule has 0 aliphatic carbocycles. The van der Waals surface area contributed by atoms with Crippen molar-refractivity contribution >= 4 is 12.2 Å². The highest BCUT2D eigenvalue weighted by Gasteiger charge is 2.12. The molecule has 1 aromatic carbocycles. The third kappa shape index (κ3) is 2.09. The first kappa shape index (κ1) is 12.6. The van der Waals surface area contributed by atoms with Gasteiger partial charge in [-0.15, -0.1) is 0 Å². The Morgan fingerprint density at radius 2 is 2.11 bits per heavy atom. The molecular formula is C14H15N3S. The van der Waals surface area contributed by atoms with Crippen molar-refractivity contribution in [1.29, 1.82) is 5.26 Å². The molecule has 0 unspecified atom stereocenters. The SMILES string of the molecule is Cc1ccc(C#N)cc1-n1c(C(C)C)c[nH]c1=S. The Bertz CT molecular complexity index is 671. The molecule has 92 valence electrons. The molecule has 1 aromatic heterocycles. The van der Waals surface area contributed by atoms with Crippen molar-refractivity contribution in [2.75, 3.05) is 0 Å². The van der Waals surface area contributed by atoms with Gasteiger partial charge in [-0.3, -0.25) is 4.57 Å². The fourth-order valence-corrected chi connectivity index (χ4v) is 2.24. The summed E-state index contributed by atoms with van der Waals surface area (Å²) >= 11 is 5.34. The third-order valence-electron chi connectivity index (χ3n) is 2.98. The zero-order valence-corrected chi connectivity index (χ0v) is 11.5. The number of H-pyrrole nitrogens is 1. The lowest BCUT2D eigenvalue weighted by atomic mass is 10.1. The van der Waals surface area contributed by atoms with E-state index in [4.69, 9.17) is 17.5 Å². The second kappa shape index (κ2) is 4.79. The number of aromatic nitrogens is 2. The van der Waals surface area contributed by atoms with E-state index < -0.39 is 0 Å². The number of rotatable bonds is 2. The number of hydrogen-bond donors (Lipinski definition) is 1. The maximum Gasteiger partial charge on any atom is 0.182 e. The molecule has 1 heterocycles. The molecular weight excluding hydrogens is 242 g/mol. The highest BCUT2D eigenvalue weighted by molar-refractivity contribution is 7.71. The first-order valence-corrected chi connectivity index (χ1v) is 6.27. The Balaban J connectivity index is 2.73. The van der Waals surface area contributed by atoms with Gasteiger partial charge in [-0.1, -0.05) is 19.9 Å². The van der Waals surface area contributed by atoms with Crippen LogP contribution in [0.4, 0.5) is 0 Å². The van der Waals surface area contributed by atoms with Crippen molar-refractivity contribution in [1.82, 2.24) is 9.55 Å². The molecule has 0 saturated heterocycles. The Morgan fingerprint density at radius 3 is 2.72 bits per heavy atom. The van der Waals surface area contributed by atoms with E-state index in [-0.39, 0.29) is 0 Å². The molecule has 0 saturated carbocycles. The standard InChI is InChI=1S/C14H15N3S/c1-9(2)13-8-16-14(18)17(13)12-6-11(7-15)5-4-10(12)3/h4-6,8-9H,1-3H3,(H,16,18). The van der Waals surface area contributed by atoms with Gasteiger partial charge < -0.3 is 4.98 Å². The first-order chi connectivity index (χ1) is 8.54. The van der Waals surface area contributed by atoms with Gasteiger partial charge in [0, 0.05) is 11.9 Å². The van der Waals surface area contributed by atoms with Crippen LogP contribution in [-0.4, -0.2) is 9.55 Å². The van der Waals surface area contributed by atoms with Crippen molar-refractivity contribution < 1.29 is 0 Å². The number of nitrogens with one attached hydrogen (secondary N) is 1. The van der Waals surface area contributed by atoms with Gasteiger partial charge in [-0.25, -0.2) is 0 Å². The lowest BCUT2D eigenvalue weighted by molar-refractivity contribution is 0.781. The van der Waals surface area contributed by atoms with Crippen LogP contribution < -0.4 is 0 Å². The van der Waals surface area contributed by atoms with Gasteiger partial charge in [0.05, 0.1) is 17.3 Å². The molecule has 4 heteroatoms. The van der Waals surface area contributed by atoms with Crippen LogP contribution in [0.3, 0.4) is 0 Å². The largest absolute Gasteiger partial charge is 0.337 e. The smallest absolute Gasteiger partial charge is 0.182 e. The van der Waals surface area contributed by atoms with Gasteiger partial charge >= 0.3 is 0 Å². The molecule has 0 radical (unpaired) electrons. The summed E-state index contributed by atoms with van der Waals surface area (Å²) in [5, 5.41) is 9.01. The zero-order valence-electron chi connectivity index (χ0n) is 10.7. The van der Waals surface area contributed by atoms with E-state index >= 15 is 0 Å². The van der Waals surface area contributed by atoms with Crippen molar-refractivity contribution in [3.05, 3.63) is 46.0 Å². The Kier molecular flexibility index (Phi) is 3.35. The molecule has 0 aliphatic rings. The summed E-state index contributed by atoms with van der Waals surface area (Å²) in [4.78, 5) is 3.08. The number of hydrogen-bond acceptors (Lipinski definition) is 2. The summed E-state index contributed by atoms with van der Waals surface area (Å²) < 4.78 is 2.67. The van der Waals surface area contributed by atoms with E-state index in [9.17, 15) is 0 Å². The average Bonchev–Trinajstić information content (AvgIpc) is 2.72. The van der Waals surface area contributed by atoms with Crippen molar-refractivity contribution in [2.24, 2.45) is 0 Å². The van der Waals surface area contributed by atoms with E-state index in [1.54, 1.807) is 0 Å². The lowest BCUT2D eigenvalue weighted by Crippen LogP contribution is -2.04. The number of nitriles is 1. The highest BCUT2D eigenvalue weighted by Crippen LogP contribution is 2.23. The minimum absolute atomic E-state index is 0.364. The first-order valence-electron chi connectivity index (χ1n) is 5.86. The van der Waals surface area contributed by atoms with Crippen LogP contribution in [0.1, 0.15) is 36.6 Å². The summed E-state index contributed by atoms with van der Waals surface area (Å²) in [6.45, 7) is 6.27. The number of nitrogens with zero attached hydrogens (tertiary/aromatic N) is 2. The lowest BCUT2D eigenvalue weighted by Gasteiger charge is -2.13.